The Bertz CT molecular complexity index is 798. The molecule has 1 aliphatic heterocycles. The number of aliphatic carboxylic acids is 1. The summed E-state index contributed by atoms with van der Waals surface area (Å²) in [6.07, 6.45) is -5.61. The Morgan fingerprint density at radius 3 is 2.26 bits per heavy atom. The number of carbonyl (C=O) groups excluding carboxylic acids is 1. The van der Waals surface area contributed by atoms with E-state index in [2.05, 4.69) is 4.74 Å². The van der Waals surface area contributed by atoms with Crippen LogP contribution in [0.3, 0.4) is 0 Å². The summed E-state index contributed by atoms with van der Waals surface area (Å²) in [7, 11) is 0. The van der Waals surface area contributed by atoms with Gasteiger partial charge in [0, 0.05) is 37.6 Å². The number of rotatable bonds is 6. The summed E-state index contributed by atoms with van der Waals surface area (Å²) in [4.78, 5) is 24.5. The number of alkyl halides is 3. The first-order valence-corrected chi connectivity index (χ1v) is 9.62. The highest BCUT2D eigenvalue weighted by Gasteiger charge is 2.31. The SMILES string of the molecule is CC(C)(C)OC(=O)N1CCC(Oc2cc(OCC(F)(F)F)c(CC(=O)O)cc2F)CC1. The lowest BCUT2D eigenvalue weighted by Crippen LogP contribution is -2.44. The van der Waals surface area contributed by atoms with Gasteiger partial charge in [0.25, 0.3) is 0 Å². The predicted octanol–water partition coefficient (Wildman–Crippen LogP) is 4.17. The van der Waals surface area contributed by atoms with Crippen molar-refractivity contribution in [3.63, 3.8) is 0 Å². The molecule has 0 saturated carbocycles. The number of halogens is 4. The molecular formula is C20H25F4NO6. The van der Waals surface area contributed by atoms with E-state index in [0.29, 0.717) is 25.9 Å². The number of benzene rings is 1. The third-order valence-corrected chi connectivity index (χ3v) is 4.24. The van der Waals surface area contributed by atoms with Gasteiger partial charge in [-0.25, -0.2) is 9.18 Å². The van der Waals surface area contributed by atoms with Gasteiger partial charge in [-0.2, -0.15) is 13.2 Å². The quantitative estimate of drug-likeness (QED) is 0.654. The number of hydrogen-bond acceptors (Lipinski definition) is 5. The maximum Gasteiger partial charge on any atom is 0.422 e. The molecule has 7 nitrogen and oxygen atoms in total. The van der Waals surface area contributed by atoms with Crippen molar-refractivity contribution in [2.45, 2.75) is 57.9 Å². The smallest absolute Gasteiger partial charge is 0.422 e. The van der Waals surface area contributed by atoms with Crippen LogP contribution in [-0.2, 0) is 16.0 Å². The second kappa shape index (κ2) is 9.61. The number of carbonyl (C=O) groups is 2. The van der Waals surface area contributed by atoms with Crippen LogP contribution in [0, 0.1) is 5.82 Å². The minimum Gasteiger partial charge on any atom is -0.487 e. The molecule has 1 aromatic rings. The fourth-order valence-electron chi connectivity index (χ4n) is 2.92. The zero-order chi connectivity index (χ0) is 23.4. The van der Waals surface area contributed by atoms with Crippen molar-refractivity contribution in [3.05, 3.63) is 23.5 Å². The summed E-state index contributed by atoms with van der Waals surface area (Å²) in [6.45, 7) is 4.19. The Morgan fingerprint density at radius 2 is 1.74 bits per heavy atom. The van der Waals surface area contributed by atoms with Gasteiger partial charge in [0.1, 0.15) is 17.5 Å². The van der Waals surface area contributed by atoms with Gasteiger partial charge >= 0.3 is 18.2 Å². The van der Waals surface area contributed by atoms with Crippen LogP contribution in [0.2, 0.25) is 0 Å². The van der Waals surface area contributed by atoms with Crippen molar-refractivity contribution in [1.29, 1.82) is 0 Å². The predicted molar refractivity (Wildman–Crippen MR) is 101 cm³/mol. The Hall–Kier alpha value is -2.72. The monoisotopic (exact) mass is 451 g/mol. The molecule has 1 heterocycles. The molecule has 1 amide bonds. The van der Waals surface area contributed by atoms with Gasteiger partial charge in [0.2, 0.25) is 0 Å². The second-order valence-corrected chi connectivity index (χ2v) is 8.15. The maximum atomic E-state index is 14.4. The molecular weight excluding hydrogens is 426 g/mol. The largest absolute Gasteiger partial charge is 0.487 e. The highest BCUT2D eigenvalue weighted by atomic mass is 19.4. The number of amides is 1. The molecule has 0 aromatic heterocycles. The van der Waals surface area contributed by atoms with Crippen LogP contribution in [0.1, 0.15) is 39.2 Å². The summed E-state index contributed by atoms with van der Waals surface area (Å²) in [6, 6.07) is 1.73. The Labute approximate surface area is 176 Å². The Kier molecular flexibility index (Phi) is 7.61. The van der Waals surface area contributed by atoms with Crippen molar-refractivity contribution in [3.8, 4) is 11.5 Å². The van der Waals surface area contributed by atoms with E-state index in [9.17, 15) is 27.2 Å². The third-order valence-electron chi connectivity index (χ3n) is 4.24. The molecule has 11 heteroatoms. The molecule has 1 saturated heterocycles. The number of carboxylic acid groups (broad SMARTS) is 1. The lowest BCUT2D eigenvalue weighted by Gasteiger charge is -2.33. The van der Waals surface area contributed by atoms with E-state index in [-0.39, 0.29) is 11.3 Å². The summed E-state index contributed by atoms with van der Waals surface area (Å²) in [5.74, 6) is -3.02. The van der Waals surface area contributed by atoms with Crippen molar-refractivity contribution in [2.24, 2.45) is 0 Å². The molecule has 174 valence electrons. The molecule has 1 aliphatic rings. The van der Waals surface area contributed by atoms with E-state index in [1.807, 2.05) is 0 Å². The number of piperidine rings is 1. The summed E-state index contributed by atoms with van der Waals surface area (Å²) >= 11 is 0. The van der Waals surface area contributed by atoms with Crippen LogP contribution >= 0.6 is 0 Å². The van der Waals surface area contributed by atoms with Crippen molar-refractivity contribution < 1.29 is 46.5 Å². The Morgan fingerprint density at radius 1 is 1.13 bits per heavy atom. The maximum absolute atomic E-state index is 14.4. The average molecular weight is 451 g/mol. The van der Waals surface area contributed by atoms with Crippen LogP contribution in [-0.4, -0.2) is 59.6 Å². The number of nitrogens with zero attached hydrogens (tertiary/aromatic N) is 1. The molecule has 2 rings (SSSR count). The standard InChI is InChI=1S/C20H25F4NO6/c1-19(2,3)31-18(28)25-6-4-13(5-7-25)30-16-10-15(29-11-20(22,23)24)12(8-14(16)21)9-17(26)27/h8,10,13H,4-7,9,11H2,1-3H3,(H,26,27). The first-order valence-electron chi connectivity index (χ1n) is 9.62. The molecule has 0 spiro atoms. The van der Waals surface area contributed by atoms with Gasteiger partial charge in [-0.15, -0.1) is 0 Å². The van der Waals surface area contributed by atoms with Crippen LogP contribution in [0.4, 0.5) is 22.4 Å². The first-order chi connectivity index (χ1) is 14.2. The number of ether oxygens (including phenoxy) is 3. The highest BCUT2D eigenvalue weighted by Crippen LogP contribution is 2.32. The molecule has 0 unspecified atom stereocenters. The van der Waals surface area contributed by atoms with Crippen molar-refractivity contribution >= 4 is 12.1 Å². The van der Waals surface area contributed by atoms with E-state index < -0.39 is 54.5 Å². The Balaban J connectivity index is 2.07. The van der Waals surface area contributed by atoms with Gasteiger partial charge < -0.3 is 24.2 Å². The van der Waals surface area contributed by atoms with E-state index in [1.165, 1.54) is 4.90 Å². The van der Waals surface area contributed by atoms with Gasteiger partial charge in [-0.3, -0.25) is 4.79 Å². The second-order valence-electron chi connectivity index (χ2n) is 8.15. The average Bonchev–Trinajstić information content (AvgIpc) is 2.60. The third kappa shape index (κ3) is 8.14. The highest BCUT2D eigenvalue weighted by molar-refractivity contribution is 5.71. The van der Waals surface area contributed by atoms with E-state index in [1.54, 1.807) is 20.8 Å². The molecule has 0 aliphatic carbocycles. The molecule has 1 fully saturated rings. The van der Waals surface area contributed by atoms with E-state index in [4.69, 9.17) is 14.6 Å². The number of carboxylic acids is 1. The molecule has 0 radical (unpaired) electrons. The van der Waals surface area contributed by atoms with Gasteiger partial charge in [-0.1, -0.05) is 0 Å². The van der Waals surface area contributed by atoms with Crippen LogP contribution in [0.5, 0.6) is 11.5 Å². The zero-order valence-electron chi connectivity index (χ0n) is 17.4. The van der Waals surface area contributed by atoms with Crippen LogP contribution in [0.15, 0.2) is 12.1 Å². The molecule has 1 aromatic carbocycles. The van der Waals surface area contributed by atoms with Crippen molar-refractivity contribution in [1.82, 2.24) is 4.90 Å². The molecule has 31 heavy (non-hydrogen) atoms. The molecule has 0 bridgehead atoms. The molecule has 0 atom stereocenters. The normalized spacial score (nSPS) is 15.5. The number of hydrogen-bond donors (Lipinski definition) is 1. The first kappa shape index (κ1) is 24.5. The minimum atomic E-state index is -4.65. The fraction of sp³-hybridized carbons (Fsp3) is 0.600. The van der Waals surface area contributed by atoms with Gasteiger partial charge in [0.15, 0.2) is 18.2 Å². The van der Waals surface area contributed by atoms with E-state index in [0.717, 1.165) is 12.1 Å². The topological polar surface area (TPSA) is 85.3 Å². The van der Waals surface area contributed by atoms with Crippen LogP contribution in [0.25, 0.3) is 0 Å². The van der Waals surface area contributed by atoms with Gasteiger partial charge in [-0.05, 0) is 26.8 Å². The lowest BCUT2D eigenvalue weighted by atomic mass is 10.1. The van der Waals surface area contributed by atoms with E-state index >= 15 is 0 Å². The summed E-state index contributed by atoms with van der Waals surface area (Å²) in [5, 5.41) is 8.91. The van der Waals surface area contributed by atoms with Crippen molar-refractivity contribution in [2.75, 3.05) is 19.7 Å². The lowest BCUT2D eigenvalue weighted by molar-refractivity contribution is -0.153. The fourth-order valence-corrected chi connectivity index (χ4v) is 2.92. The summed E-state index contributed by atoms with van der Waals surface area (Å²) < 4.78 is 67.5. The zero-order valence-corrected chi connectivity index (χ0v) is 17.4. The number of likely N-dealkylation sites (tertiary alicyclic amines) is 1. The minimum absolute atomic E-state index is 0.235. The van der Waals surface area contributed by atoms with Crippen LogP contribution < -0.4 is 9.47 Å². The summed E-state index contributed by atoms with van der Waals surface area (Å²) in [5.41, 5.74) is -0.876. The van der Waals surface area contributed by atoms with Gasteiger partial charge in [0.05, 0.1) is 6.42 Å². The molecule has 1 N–H and O–H groups in total.